The van der Waals surface area contributed by atoms with Gasteiger partial charge in [0.1, 0.15) is 5.82 Å². The van der Waals surface area contributed by atoms with Crippen molar-refractivity contribution in [3.63, 3.8) is 0 Å². The molecule has 1 atom stereocenters. The molecule has 2 heterocycles. The van der Waals surface area contributed by atoms with Gasteiger partial charge in [-0.25, -0.2) is 4.68 Å². The SMILES string of the molecule is CC(SCCn1cccn1)C(=O)Nc1ccnn1C(C)C. The highest BCUT2D eigenvalue weighted by atomic mass is 32.2. The van der Waals surface area contributed by atoms with E-state index in [2.05, 4.69) is 15.5 Å². The van der Waals surface area contributed by atoms with Gasteiger partial charge in [-0.1, -0.05) is 0 Å². The van der Waals surface area contributed by atoms with E-state index in [1.807, 2.05) is 43.8 Å². The highest BCUT2D eigenvalue weighted by Gasteiger charge is 2.16. The number of carbonyl (C=O) groups excluding carboxylic acids is 1. The lowest BCUT2D eigenvalue weighted by molar-refractivity contribution is -0.115. The predicted molar refractivity (Wildman–Crippen MR) is 85.4 cm³/mol. The van der Waals surface area contributed by atoms with Gasteiger partial charge in [0.05, 0.1) is 11.4 Å². The van der Waals surface area contributed by atoms with Crippen molar-refractivity contribution in [2.75, 3.05) is 11.1 Å². The lowest BCUT2D eigenvalue weighted by Crippen LogP contribution is -2.25. The molecule has 0 bridgehead atoms. The molecule has 0 radical (unpaired) electrons. The topological polar surface area (TPSA) is 64.7 Å². The zero-order valence-electron chi connectivity index (χ0n) is 12.6. The van der Waals surface area contributed by atoms with Crippen LogP contribution in [0.25, 0.3) is 0 Å². The third kappa shape index (κ3) is 4.35. The number of carbonyl (C=O) groups is 1. The summed E-state index contributed by atoms with van der Waals surface area (Å²) in [6.07, 6.45) is 5.38. The summed E-state index contributed by atoms with van der Waals surface area (Å²) in [5, 5.41) is 11.2. The highest BCUT2D eigenvalue weighted by molar-refractivity contribution is 8.00. The minimum atomic E-state index is -0.115. The first-order valence-corrected chi connectivity index (χ1v) is 8.06. The van der Waals surface area contributed by atoms with Crippen molar-refractivity contribution in [2.45, 2.75) is 38.6 Å². The standard InChI is InChI=1S/C14H21N5OS/c1-11(2)19-13(5-7-16-19)17-14(20)12(3)21-10-9-18-8-4-6-15-18/h4-8,11-12H,9-10H2,1-3H3,(H,17,20). The monoisotopic (exact) mass is 307 g/mol. The maximum atomic E-state index is 12.2. The number of amides is 1. The number of nitrogens with one attached hydrogen (secondary N) is 1. The Morgan fingerprint density at radius 2 is 2.14 bits per heavy atom. The number of thioether (sulfide) groups is 1. The highest BCUT2D eigenvalue weighted by Crippen LogP contribution is 2.16. The van der Waals surface area contributed by atoms with E-state index in [4.69, 9.17) is 0 Å². The number of aromatic nitrogens is 4. The minimum Gasteiger partial charge on any atom is -0.310 e. The molecular formula is C14H21N5OS. The largest absolute Gasteiger partial charge is 0.310 e. The van der Waals surface area contributed by atoms with Crippen molar-refractivity contribution in [1.82, 2.24) is 19.6 Å². The van der Waals surface area contributed by atoms with Crippen LogP contribution in [0.5, 0.6) is 0 Å². The molecule has 2 aromatic heterocycles. The Morgan fingerprint density at radius 3 is 2.81 bits per heavy atom. The Bertz CT molecular complexity index is 564. The Balaban J connectivity index is 1.80. The molecule has 7 heteroatoms. The molecular weight excluding hydrogens is 286 g/mol. The van der Waals surface area contributed by atoms with Crippen LogP contribution >= 0.6 is 11.8 Å². The number of rotatable bonds is 7. The average molecular weight is 307 g/mol. The van der Waals surface area contributed by atoms with E-state index in [1.165, 1.54) is 0 Å². The Labute approximate surface area is 128 Å². The number of hydrogen-bond donors (Lipinski definition) is 1. The molecule has 2 aromatic rings. The van der Waals surface area contributed by atoms with Crippen LogP contribution in [-0.4, -0.2) is 36.5 Å². The van der Waals surface area contributed by atoms with Gasteiger partial charge in [0.25, 0.3) is 0 Å². The maximum Gasteiger partial charge on any atom is 0.238 e. The molecule has 0 aliphatic rings. The number of anilines is 1. The first kappa shape index (κ1) is 15.6. The van der Waals surface area contributed by atoms with Gasteiger partial charge < -0.3 is 5.32 Å². The van der Waals surface area contributed by atoms with Crippen molar-refractivity contribution < 1.29 is 4.79 Å². The molecule has 0 saturated carbocycles. The van der Waals surface area contributed by atoms with E-state index in [0.717, 1.165) is 18.1 Å². The van der Waals surface area contributed by atoms with Crippen molar-refractivity contribution in [2.24, 2.45) is 0 Å². The Hall–Kier alpha value is -1.76. The first-order valence-electron chi connectivity index (χ1n) is 7.01. The zero-order chi connectivity index (χ0) is 15.2. The lowest BCUT2D eigenvalue weighted by atomic mass is 10.4. The Kier molecular flexibility index (Phi) is 5.44. The predicted octanol–water partition coefficient (Wildman–Crippen LogP) is 2.42. The zero-order valence-corrected chi connectivity index (χ0v) is 13.4. The molecule has 0 fully saturated rings. The fourth-order valence-corrected chi connectivity index (χ4v) is 2.74. The van der Waals surface area contributed by atoms with Crippen LogP contribution < -0.4 is 5.32 Å². The summed E-state index contributed by atoms with van der Waals surface area (Å²) in [5.41, 5.74) is 0. The van der Waals surface area contributed by atoms with Crippen molar-refractivity contribution in [3.8, 4) is 0 Å². The van der Waals surface area contributed by atoms with E-state index in [9.17, 15) is 4.79 Å². The molecule has 2 rings (SSSR count). The summed E-state index contributed by atoms with van der Waals surface area (Å²) in [4.78, 5) is 12.2. The quantitative estimate of drug-likeness (QED) is 0.853. The second-order valence-corrected chi connectivity index (χ2v) is 6.47. The molecule has 1 unspecified atom stereocenters. The summed E-state index contributed by atoms with van der Waals surface area (Å²) in [6, 6.07) is 3.94. The number of hydrogen-bond acceptors (Lipinski definition) is 4. The van der Waals surface area contributed by atoms with Crippen LogP contribution in [0, 0.1) is 0 Å². The second-order valence-electron chi connectivity index (χ2n) is 5.03. The van der Waals surface area contributed by atoms with Gasteiger partial charge in [-0.3, -0.25) is 9.48 Å². The normalized spacial score (nSPS) is 12.6. The van der Waals surface area contributed by atoms with E-state index in [0.29, 0.717) is 0 Å². The third-order valence-corrected chi connectivity index (χ3v) is 4.16. The average Bonchev–Trinajstić information content (AvgIpc) is 3.09. The smallest absolute Gasteiger partial charge is 0.238 e. The van der Waals surface area contributed by atoms with Gasteiger partial charge >= 0.3 is 0 Å². The van der Waals surface area contributed by atoms with E-state index in [1.54, 1.807) is 28.8 Å². The third-order valence-electron chi connectivity index (χ3n) is 3.03. The van der Waals surface area contributed by atoms with Crippen molar-refractivity contribution in [1.29, 1.82) is 0 Å². The van der Waals surface area contributed by atoms with E-state index < -0.39 is 0 Å². The molecule has 0 saturated heterocycles. The molecule has 0 aliphatic carbocycles. The van der Waals surface area contributed by atoms with Gasteiger partial charge in [-0.15, -0.1) is 11.8 Å². The van der Waals surface area contributed by atoms with Crippen LogP contribution in [0.2, 0.25) is 0 Å². The minimum absolute atomic E-state index is 0.00265. The van der Waals surface area contributed by atoms with Gasteiger partial charge in [-0.05, 0) is 26.8 Å². The lowest BCUT2D eigenvalue weighted by Gasteiger charge is -2.15. The van der Waals surface area contributed by atoms with Crippen LogP contribution in [0.15, 0.2) is 30.7 Å². The van der Waals surface area contributed by atoms with Crippen molar-refractivity contribution >= 4 is 23.5 Å². The van der Waals surface area contributed by atoms with Crippen LogP contribution in [0.4, 0.5) is 5.82 Å². The van der Waals surface area contributed by atoms with Gasteiger partial charge in [0.2, 0.25) is 5.91 Å². The molecule has 0 aromatic carbocycles. The summed E-state index contributed by atoms with van der Waals surface area (Å²) < 4.78 is 3.67. The van der Waals surface area contributed by atoms with Gasteiger partial charge in [0.15, 0.2) is 0 Å². The summed E-state index contributed by atoms with van der Waals surface area (Å²) in [6.45, 7) is 6.79. The van der Waals surface area contributed by atoms with Crippen LogP contribution in [0.3, 0.4) is 0 Å². The van der Waals surface area contributed by atoms with Crippen LogP contribution in [-0.2, 0) is 11.3 Å². The molecule has 21 heavy (non-hydrogen) atoms. The second kappa shape index (κ2) is 7.31. The molecule has 114 valence electrons. The number of aryl methyl sites for hydroxylation is 1. The first-order chi connectivity index (χ1) is 10.1. The molecule has 6 nitrogen and oxygen atoms in total. The summed E-state index contributed by atoms with van der Waals surface area (Å²) in [7, 11) is 0. The van der Waals surface area contributed by atoms with Crippen molar-refractivity contribution in [3.05, 3.63) is 30.7 Å². The fourth-order valence-electron chi connectivity index (χ4n) is 1.88. The Morgan fingerprint density at radius 1 is 1.33 bits per heavy atom. The van der Waals surface area contributed by atoms with E-state index in [-0.39, 0.29) is 17.2 Å². The summed E-state index contributed by atoms with van der Waals surface area (Å²) >= 11 is 1.62. The molecule has 1 amide bonds. The molecule has 0 spiro atoms. The molecule has 0 aliphatic heterocycles. The maximum absolute atomic E-state index is 12.2. The van der Waals surface area contributed by atoms with Gasteiger partial charge in [-0.2, -0.15) is 10.2 Å². The van der Waals surface area contributed by atoms with Crippen LogP contribution in [0.1, 0.15) is 26.8 Å². The summed E-state index contributed by atoms with van der Waals surface area (Å²) in [5.74, 6) is 1.59. The molecule has 1 N–H and O–H groups in total. The number of nitrogens with zero attached hydrogens (tertiary/aromatic N) is 4. The van der Waals surface area contributed by atoms with E-state index >= 15 is 0 Å². The van der Waals surface area contributed by atoms with Gasteiger partial charge in [0, 0.05) is 36.8 Å². The fraction of sp³-hybridized carbons (Fsp3) is 0.500.